The number of carbonyl (C=O) groups excluding carboxylic acids is 1. The Morgan fingerprint density at radius 3 is 1.64 bits per heavy atom. The van der Waals surface area contributed by atoms with Crippen molar-refractivity contribution < 1.29 is 37.6 Å². The molecule has 0 spiro atoms. The smallest absolute Gasteiger partial charge is 0.407 e. The maximum absolute atomic E-state index is 11.6. The molecule has 1 aromatic carbocycles. The molecule has 0 atom stereocenters. The van der Waals surface area contributed by atoms with Crippen molar-refractivity contribution in [2.45, 2.75) is 26.2 Å². The minimum atomic E-state index is -1.45. The molecule has 0 aromatic heterocycles. The lowest BCUT2D eigenvalue weighted by Crippen LogP contribution is -2.28. The molecule has 10 heteroatoms. The Morgan fingerprint density at radius 2 is 1.15 bits per heavy atom. The van der Waals surface area contributed by atoms with Gasteiger partial charge in [0.25, 0.3) is 0 Å². The summed E-state index contributed by atoms with van der Waals surface area (Å²) in [7, 11) is -1.45. The van der Waals surface area contributed by atoms with Crippen molar-refractivity contribution in [3.63, 3.8) is 0 Å². The van der Waals surface area contributed by atoms with E-state index < -0.39 is 14.4 Å². The van der Waals surface area contributed by atoms with Crippen LogP contribution < -0.4 is 5.32 Å². The molecule has 0 fully saturated rings. The van der Waals surface area contributed by atoms with Gasteiger partial charge in [0.05, 0.1) is 72.7 Å². The van der Waals surface area contributed by atoms with E-state index in [0.717, 1.165) is 5.56 Å². The molecule has 0 radical (unpaired) electrons. The van der Waals surface area contributed by atoms with E-state index in [1.807, 2.05) is 30.3 Å². The maximum atomic E-state index is 11.6. The summed E-state index contributed by atoms with van der Waals surface area (Å²) < 4.78 is 37.9. The Kier molecular flexibility index (Phi) is 17.8. The van der Waals surface area contributed by atoms with Gasteiger partial charge in [0.15, 0.2) is 8.32 Å². The highest BCUT2D eigenvalue weighted by molar-refractivity contribution is 6.69. The molecule has 1 amide bonds. The first-order valence-corrected chi connectivity index (χ1v) is 14.9. The number of rotatable bonds is 21. The number of benzene rings is 1. The van der Waals surface area contributed by atoms with E-state index in [4.69, 9.17) is 32.8 Å². The summed E-state index contributed by atoms with van der Waals surface area (Å²) in [6.07, 6.45) is -0.459. The predicted octanol–water partition coefficient (Wildman–Crippen LogP) is 2.85. The van der Waals surface area contributed by atoms with E-state index >= 15 is 0 Å². The molecule has 33 heavy (non-hydrogen) atoms. The lowest BCUT2D eigenvalue weighted by Gasteiger charge is -2.16. The van der Waals surface area contributed by atoms with Crippen LogP contribution in [0.15, 0.2) is 30.3 Å². The van der Waals surface area contributed by atoms with Gasteiger partial charge in [0.1, 0.15) is 6.61 Å². The zero-order chi connectivity index (χ0) is 24.0. The van der Waals surface area contributed by atoms with Crippen molar-refractivity contribution in [2.24, 2.45) is 0 Å². The first-order chi connectivity index (χ1) is 16.0. The molecule has 0 aliphatic heterocycles. The van der Waals surface area contributed by atoms with Gasteiger partial charge in [-0.1, -0.05) is 30.3 Å². The minimum Gasteiger partial charge on any atom is -0.445 e. The van der Waals surface area contributed by atoms with Gasteiger partial charge in [-0.3, -0.25) is 0 Å². The zero-order valence-electron chi connectivity index (χ0n) is 20.3. The maximum Gasteiger partial charge on any atom is 0.407 e. The van der Waals surface area contributed by atoms with Crippen LogP contribution in [0.3, 0.4) is 0 Å². The van der Waals surface area contributed by atoms with Gasteiger partial charge >= 0.3 is 6.09 Å². The third-order valence-electron chi connectivity index (χ3n) is 3.98. The number of alkyl carbamates (subject to hydrolysis) is 1. The second kappa shape index (κ2) is 19.9. The van der Waals surface area contributed by atoms with E-state index in [2.05, 4.69) is 25.0 Å². The third-order valence-corrected chi connectivity index (χ3v) is 5.05. The first-order valence-electron chi connectivity index (χ1n) is 11.4. The monoisotopic (exact) mass is 487 g/mol. The van der Waals surface area contributed by atoms with Gasteiger partial charge < -0.3 is 38.2 Å². The molecule has 1 aromatic rings. The highest BCUT2D eigenvalue weighted by Gasteiger charge is 2.13. The molecule has 0 aliphatic rings. The summed E-state index contributed by atoms with van der Waals surface area (Å²) >= 11 is 0. The van der Waals surface area contributed by atoms with E-state index in [-0.39, 0.29) is 6.61 Å². The van der Waals surface area contributed by atoms with Crippen LogP contribution in [0.2, 0.25) is 19.6 Å². The summed E-state index contributed by atoms with van der Waals surface area (Å²) in [6, 6.07) is 9.52. The van der Waals surface area contributed by atoms with Crippen LogP contribution >= 0.6 is 0 Å². The van der Waals surface area contributed by atoms with Gasteiger partial charge in [0, 0.05) is 6.54 Å². The minimum absolute atomic E-state index is 0.249. The molecule has 0 heterocycles. The van der Waals surface area contributed by atoms with Crippen molar-refractivity contribution >= 4 is 14.4 Å². The normalized spacial score (nSPS) is 11.5. The summed E-state index contributed by atoms with van der Waals surface area (Å²) in [6.45, 7) is 12.8. The van der Waals surface area contributed by atoms with Crippen LogP contribution in [0.4, 0.5) is 4.79 Å². The van der Waals surface area contributed by atoms with E-state index in [0.29, 0.717) is 79.2 Å². The summed E-state index contributed by atoms with van der Waals surface area (Å²) in [4.78, 5) is 11.6. The Labute approximate surface area is 199 Å². The molecule has 0 aliphatic carbocycles. The molecular formula is C23H41NO8Si. The number of nitrogens with one attached hydrogen (secondary N) is 1. The molecule has 190 valence electrons. The fraction of sp³-hybridized carbons (Fsp3) is 0.696. The Bertz CT molecular complexity index is 586. The summed E-state index contributed by atoms with van der Waals surface area (Å²) in [5, 5.41) is 2.64. The molecule has 9 nitrogen and oxygen atoms in total. The molecule has 1 N–H and O–H groups in total. The lowest BCUT2D eigenvalue weighted by molar-refractivity contribution is -0.0126. The van der Waals surface area contributed by atoms with Crippen molar-refractivity contribution in [3.05, 3.63) is 35.9 Å². The number of hydrogen-bond donors (Lipinski definition) is 1. The van der Waals surface area contributed by atoms with Gasteiger partial charge in [-0.25, -0.2) is 4.79 Å². The summed E-state index contributed by atoms with van der Waals surface area (Å²) in [5.41, 5.74) is 0.946. The predicted molar refractivity (Wildman–Crippen MR) is 128 cm³/mol. The van der Waals surface area contributed by atoms with Gasteiger partial charge in [-0.05, 0) is 25.2 Å². The van der Waals surface area contributed by atoms with Gasteiger partial charge in [0.2, 0.25) is 0 Å². The molecule has 0 unspecified atom stereocenters. The van der Waals surface area contributed by atoms with E-state index in [1.54, 1.807) is 0 Å². The van der Waals surface area contributed by atoms with Crippen LogP contribution in [0, 0.1) is 0 Å². The standard InChI is InChI=1S/C23H41NO8Si/c1-33(2,3)32-20-19-30-18-17-29-16-15-28-14-13-27-12-11-26-10-9-24-23(25)31-21-22-7-5-4-6-8-22/h4-8H,9-21H2,1-3H3,(H,24,25). The Morgan fingerprint density at radius 1 is 0.697 bits per heavy atom. The molecule has 1 rings (SSSR count). The van der Waals surface area contributed by atoms with Crippen molar-refractivity contribution in [3.8, 4) is 0 Å². The lowest BCUT2D eigenvalue weighted by atomic mass is 10.2. The van der Waals surface area contributed by atoms with E-state index in [1.165, 1.54) is 0 Å². The topological polar surface area (TPSA) is 93.7 Å². The fourth-order valence-electron chi connectivity index (χ4n) is 2.39. The van der Waals surface area contributed by atoms with Crippen molar-refractivity contribution in [1.82, 2.24) is 5.32 Å². The van der Waals surface area contributed by atoms with Crippen molar-refractivity contribution in [2.75, 3.05) is 79.2 Å². The van der Waals surface area contributed by atoms with Gasteiger partial charge in [-0.2, -0.15) is 0 Å². The van der Waals surface area contributed by atoms with Crippen LogP contribution in [-0.2, 0) is 39.5 Å². The number of amides is 1. The van der Waals surface area contributed by atoms with Crippen molar-refractivity contribution in [1.29, 1.82) is 0 Å². The largest absolute Gasteiger partial charge is 0.445 e. The van der Waals surface area contributed by atoms with Crippen LogP contribution in [0.5, 0.6) is 0 Å². The number of hydrogen-bond acceptors (Lipinski definition) is 8. The van der Waals surface area contributed by atoms with Crippen LogP contribution in [-0.4, -0.2) is 93.6 Å². The SMILES string of the molecule is C[Si](C)(C)OCCOCCOCCOCCOCCOCCNC(=O)OCc1ccccc1. The van der Waals surface area contributed by atoms with E-state index in [9.17, 15) is 4.79 Å². The molecule has 0 saturated heterocycles. The Balaban J connectivity index is 1.72. The quantitative estimate of drug-likeness (QED) is 0.209. The molecule has 0 saturated carbocycles. The molecular weight excluding hydrogens is 446 g/mol. The van der Waals surface area contributed by atoms with Crippen LogP contribution in [0.25, 0.3) is 0 Å². The second-order valence-corrected chi connectivity index (χ2v) is 12.5. The zero-order valence-corrected chi connectivity index (χ0v) is 21.3. The highest BCUT2D eigenvalue weighted by atomic mass is 28.4. The highest BCUT2D eigenvalue weighted by Crippen LogP contribution is 2.01. The third kappa shape index (κ3) is 20.8. The average Bonchev–Trinajstić information content (AvgIpc) is 2.79. The number of ether oxygens (including phenoxy) is 6. The Hall–Kier alpha value is -1.53. The average molecular weight is 488 g/mol. The number of carbonyl (C=O) groups is 1. The second-order valence-electron chi connectivity index (χ2n) is 8.01. The first kappa shape index (κ1) is 29.5. The molecule has 0 bridgehead atoms. The fourth-order valence-corrected chi connectivity index (χ4v) is 3.08. The van der Waals surface area contributed by atoms with Crippen LogP contribution in [0.1, 0.15) is 5.56 Å². The summed E-state index contributed by atoms with van der Waals surface area (Å²) in [5.74, 6) is 0. The van der Waals surface area contributed by atoms with Gasteiger partial charge in [-0.15, -0.1) is 0 Å².